The topological polar surface area (TPSA) is 46.2 Å². The van der Waals surface area contributed by atoms with E-state index >= 15 is 0 Å². The zero-order valence-corrected chi connectivity index (χ0v) is 12.6. The molecule has 0 aliphatic heterocycles. The van der Waals surface area contributed by atoms with E-state index < -0.39 is 10.0 Å². The van der Waals surface area contributed by atoms with Gasteiger partial charge in [-0.15, -0.1) is 0 Å². The van der Waals surface area contributed by atoms with Crippen LogP contribution in [0.5, 0.6) is 0 Å². The first-order chi connectivity index (χ1) is 8.64. The van der Waals surface area contributed by atoms with Gasteiger partial charge in [0.2, 0.25) is 10.0 Å². The molecule has 3 nitrogen and oxygen atoms in total. The molecule has 1 aliphatic carbocycles. The van der Waals surface area contributed by atoms with Crippen LogP contribution in [0.1, 0.15) is 71.1 Å². The molecule has 0 aromatic rings. The van der Waals surface area contributed by atoms with E-state index in [4.69, 9.17) is 0 Å². The quantitative estimate of drug-likeness (QED) is 0.655. The number of hydrogen-bond acceptors (Lipinski definition) is 2. The number of sulfonamides is 1. The Kier molecular flexibility index (Phi) is 7.91. The Labute approximate surface area is 113 Å². The molecule has 0 unspecified atom stereocenters. The summed E-state index contributed by atoms with van der Waals surface area (Å²) in [6, 6.07) is 0. The molecule has 1 fully saturated rings. The molecule has 1 rings (SSSR count). The summed E-state index contributed by atoms with van der Waals surface area (Å²) in [6.45, 7) is 2.78. The average molecular weight is 275 g/mol. The van der Waals surface area contributed by atoms with Crippen molar-refractivity contribution >= 4 is 10.0 Å². The summed E-state index contributed by atoms with van der Waals surface area (Å²) in [7, 11) is -3.01. The molecule has 0 bridgehead atoms. The minimum Gasteiger partial charge on any atom is -0.215 e. The molecule has 0 radical (unpaired) electrons. The van der Waals surface area contributed by atoms with Gasteiger partial charge in [-0.1, -0.05) is 58.3 Å². The molecule has 0 atom stereocenters. The molecule has 0 aromatic heterocycles. The van der Waals surface area contributed by atoms with Gasteiger partial charge in [-0.05, 0) is 18.8 Å². The lowest BCUT2D eigenvalue weighted by molar-refractivity contribution is 0.339. The maximum atomic E-state index is 11.7. The largest absolute Gasteiger partial charge is 0.215 e. The molecule has 1 N–H and O–H groups in total. The molecule has 0 saturated heterocycles. The first-order valence-corrected chi connectivity index (χ1v) is 9.26. The highest BCUT2D eigenvalue weighted by Gasteiger charge is 2.15. The molecule has 0 spiro atoms. The van der Waals surface area contributed by atoms with Gasteiger partial charge in [0, 0.05) is 6.54 Å². The monoisotopic (exact) mass is 275 g/mol. The summed E-state index contributed by atoms with van der Waals surface area (Å²) in [5, 5.41) is 0. The maximum absolute atomic E-state index is 11.7. The van der Waals surface area contributed by atoms with Crippen LogP contribution < -0.4 is 4.72 Å². The van der Waals surface area contributed by atoms with E-state index in [1.807, 2.05) is 0 Å². The number of rotatable bonds is 9. The summed E-state index contributed by atoms with van der Waals surface area (Å²) in [5.41, 5.74) is 0. The van der Waals surface area contributed by atoms with Gasteiger partial charge in [-0.2, -0.15) is 0 Å². The third-order valence-corrected chi connectivity index (χ3v) is 5.34. The van der Waals surface area contributed by atoms with E-state index in [2.05, 4.69) is 11.6 Å². The lowest BCUT2D eigenvalue weighted by atomic mass is 9.87. The predicted octanol–water partition coefficient (Wildman–Crippen LogP) is 3.46. The molecule has 108 valence electrons. The molecule has 0 aromatic carbocycles. The first-order valence-electron chi connectivity index (χ1n) is 7.61. The van der Waals surface area contributed by atoms with Crippen LogP contribution in [-0.4, -0.2) is 20.7 Å². The van der Waals surface area contributed by atoms with E-state index in [9.17, 15) is 8.42 Å². The van der Waals surface area contributed by atoms with Gasteiger partial charge >= 0.3 is 0 Å². The molecule has 1 saturated carbocycles. The van der Waals surface area contributed by atoms with Crippen LogP contribution in [0.3, 0.4) is 0 Å². The first kappa shape index (κ1) is 16.0. The number of hydrogen-bond donors (Lipinski definition) is 1. The normalized spacial score (nSPS) is 18.1. The maximum Gasteiger partial charge on any atom is 0.211 e. The second kappa shape index (κ2) is 8.92. The lowest BCUT2D eigenvalue weighted by Gasteiger charge is -2.21. The van der Waals surface area contributed by atoms with Crippen molar-refractivity contribution in [3.8, 4) is 0 Å². The summed E-state index contributed by atoms with van der Waals surface area (Å²) >= 11 is 0. The Balaban J connectivity index is 2.08. The van der Waals surface area contributed by atoms with Crippen molar-refractivity contribution in [3.05, 3.63) is 0 Å². The second-order valence-corrected chi connectivity index (χ2v) is 7.49. The molecule has 18 heavy (non-hydrogen) atoms. The second-order valence-electron chi connectivity index (χ2n) is 5.57. The van der Waals surface area contributed by atoms with E-state index in [-0.39, 0.29) is 0 Å². The fourth-order valence-electron chi connectivity index (χ4n) is 2.69. The Morgan fingerprint density at radius 3 is 2.44 bits per heavy atom. The zero-order valence-electron chi connectivity index (χ0n) is 11.8. The summed E-state index contributed by atoms with van der Waals surface area (Å²) in [6.07, 6.45) is 11.7. The predicted molar refractivity (Wildman–Crippen MR) is 77.1 cm³/mol. The van der Waals surface area contributed by atoms with E-state index in [0.717, 1.165) is 38.0 Å². The highest BCUT2D eigenvalue weighted by atomic mass is 32.2. The SMILES string of the molecule is CCCCCCS(=O)(=O)NCCC1CCCCC1. The van der Waals surface area contributed by atoms with Gasteiger partial charge in [0.05, 0.1) is 5.75 Å². The zero-order chi connectivity index (χ0) is 13.3. The highest BCUT2D eigenvalue weighted by Crippen LogP contribution is 2.25. The third-order valence-electron chi connectivity index (χ3n) is 3.87. The Morgan fingerprint density at radius 1 is 1.06 bits per heavy atom. The minimum atomic E-state index is -3.01. The molecule has 1 aliphatic rings. The fourth-order valence-corrected chi connectivity index (χ4v) is 3.84. The van der Waals surface area contributed by atoms with Crippen molar-refractivity contribution < 1.29 is 8.42 Å². The van der Waals surface area contributed by atoms with Crippen molar-refractivity contribution in [1.82, 2.24) is 4.72 Å². The molecule has 4 heteroatoms. The van der Waals surface area contributed by atoms with Crippen LogP contribution in [0.25, 0.3) is 0 Å². The van der Waals surface area contributed by atoms with E-state index in [1.165, 1.54) is 32.1 Å². The van der Waals surface area contributed by atoms with Gasteiger partial charge in [-0.25, -0.2) is 13.1 Å². The van der Waals surface area contributed by atoms with Crippen LogP contribution in [-0.2, 0) is 10.0 Å². The number of unbranched alkanes of at least 4 members (excludes halogenated alkanes) is 3. The van der Waals surface area contributed by atoms with Crippen molar-refractivity contribution in [2.75, 3.05) is 12.3 Å². The summed E-state index contributed by atoms with van der Waals surface area (Å²) in [4.78, 5) is 0. The standard InChI is InChI=1S/C14H29NO2S/c1-2-3-4-8-13-18(16,17)15-12-11-14-9-6-5-7-10-14/h14-15H,2-13H2,1H3. The van der Waals surface area contributed by atoms with Gasteiger partial charge in [-0.3, -0.25) is 0 Å². The van der Waals surface area contributed by atoms with Crippen LogP contribution in [0.15, 0.2) is 0 Å². The fraction of sp³-hybridized carbons (Fsp3) is 1.00. The smallest absolute Gasteiger partial charge is 0.211 e. The number of nitrogens with one attached hydrogen (secondary N) is 1. The highest BCUT2D eigenvalue weighted by molar-refractivity contribution is 7.89. The van der Waals surface area contributed by atoms with Crippen molar-refractivity contribution in [2.45, 2.75) is 71.1 Å². The van der Waals surface area contributed by atoms with Gasteiger partial charge in [0.25, 0.3) is 0 Å². The molecular formula is C14H29NO2S. The Bertz CT molecular complexity index is 295. The molecule has 0 amide bonds. The van der Waals surface area contributed by atoms with Gasteiger partial charge in [0.1, 0.15) is 0 Å². The summed E-state index contributed by atoms with van der Waals surface area (Å²) < 4.78 is 26.2. The third kappa shape index (κ3) is 7.37. The van der Waals surface area contributed by atoms with Crippen molar-refractivity contribution in [2.24, 2.45) is 5.92 Å². The van der Waals surface area contributed by atoms with Crippen molar-refractivity contribution in [3.63, 3.8) is 0 Å². The van der Waals surface area contributed by atoms with E-state index in [1.54, 1.807) is 0 Å². The van der Waals surface area contributed by atoms with Crippen LogP contribution in [0.4, 0.5) is 0 Å². The van der Waals surface area contributed by atoms with Gasteiger partial charge in [0.15, 0.2) is 0 Å². The van der Waals surface area contributed by atoms with Crippen LogP contribution >= 0.6 is 0 Å². The summed E-state index contributed by atoms with van der Waals surface area (Å²) in [5.74, 6) is 1.05. The van der Waals surface area contributed by atoms with Gasteiger partial charge < -0.3 is 0 Å². The average Bonchev–Trinajstić information content (AvgIpc) is 2.36. The van der Waals surface area contributed by atoms with Crippen LogP contribution in [0.2, 0.25) is 0 Å². The lowest BCUT2D eigenvalue weighted by Crippen LogP contribution is -2.28. The van der Waals surface area contributed by atoms with Crippen molar-refractivity contribution in [1.29, 1.82) is 0 Å². The van der Waals surface area contributed by atoms with Crippen LogP contribution in [0, 0.1) is 5.92 Å². The van der Waals surface area contributed by atoms with E-state index in [0.29, 0.717) is 12.3 Å². The molecular weight excluding hydrogens is 246 g/mol. The molecule has 0 heterocycles. The Morgan fingerprint density at radius 2 is 1.78 bits per heavy atom. The Hall–Kier alpha value is -0.0900. The minimum absolute atomic E-state index is 0.303.